The van der Waals surface area contributed by atoms with Crippen molar-refractivity contribution >= 4 is 38.9 Å². The minimum Gasteiger partial charge on any atom is -0.399 e. The zero-order chi connectivity index (χ0) is 22.2. The Bertz CT molecular complexity index is 1540. The molecule has 0 unspecified atom stereocenters. The Morgan fingerprint density at radius 3 is 1.91 bits per heavy atom. The summed E-state index contributed by atoms with van der Waals surface area (Å²) in [5.74, 6) is 0. The van der Waals surface area contributed by atoms with E-state index in [2.05, 4.69) is 101 Å². The number of para-hydroxylation sites is 3. The van der Waals surface area contributed by atoms with Crippen LogP contribution < -0.4 is 11.1 Å². The molecule has 0 fully saturated rings. The van der Waals surface area contributed by atoms with Gasteiger partial charge in [-0.2, -0.15) is 0 Å². The SMILES string of the molecule is Nc1cccc(Nc2ccccc2-c2ccc(-n3c4ccccc4c4ccccc43)cc2)c1. The average Bonchev–Trinajstić information content (AvgIpc) is 3.19. The van der Waals surface area contributed by atoms with E-state index in [-0.39, 0.29) is 0 Å². The molecular formula is C30H23N3. The van der Waals surface area contributed by atoms with Crippen molar-refractivity contribution in [2.24, 2.45) is 0 Å². The Labute approximate surface area is 192 Å². The maximum absolute atomic E-state index is 5.96. The van der Waals surface area contributed by atoms with Crippen molar-refractivity contribution in [3.8, 4) is 16.8 Å². The largest absolute Gasteiger partial charge is 0.399 e. The molecule has 0 aliphatic heterocycles. The van der Waals surface area contributed by atoms with Crippen molar-refractivity contribution < 1.29 is 0 Å². The Kier molecular flexibility index (Phi) is 4.59. The first-order valence-electron chi connectivity index (χ1n) is 11.1. The Hall–Kier alpha value is -4.50. The fourth-order valence-electron chi connectivity index (χ4n) is 4.61. The van der Waals surface area contributed by atoms with E-state index >= 15 is 0 Å². The van der Waals surface area contributed by atoms with E-state index in [1.807, 2.05) is 30.3 Å². The number of fused-ring (bicyclic) bond motifs is 3. The van der Waals surface area contributed by atoms with Crippen LogP contribution in [0.3, 0.4) is 0 Å². The Morgan fingerprint density at radius 2 is 1.21 bits per heavy atom. The number of hydrogen-bond acceptors (Lipinski definition) is 2. The molecule has 1 aromatic heterocycles. The number of nitrogens with two attached hydrogens (primary N) is 1. The van der Waals surface area contributed by atoms with E-state index in [0.29, 0.717) is 0 Å². The quantitative estimate of drug-likeness (QED) is 0.283. The van der Waals surface area contributed by atoms with Gasteiger partial charge in [0.1, 0.15) is 0 Å². The topological polar surface area (TPSA) is 43.0 Å². The van der Waals surface area contributed by atoms with Crippen LogP contribution in [0.2, 0.25) is 0 Å². The summed E-state index contributed by atoms with van der Waals surface area (Å²) < 4.78 is 2.34. The molecule has 0 radical (unpaired) electrons. The van der Waals surface area contributed by atoms with E-state index < -0.39 is 0 Å². The molecule has 3 nitrogen and oxygen atoms in total. The second-order valence-corrected chi connectivity index (χ2v) is 8.21. The standard InChI is InChI=1S/C30H23N3/c31-22-8-7-9-23(20-22)32-28-13-4-1-10-25(28)21-16-18-24(19-17-21)33-29-14-5-2-11-26(29)27-12-3-6-15-30(27)33/h1-20,32H,31H2. The first-order valence-corrected chi connectivity index (χ1v) is 11.1. The molecule has 6 rings (SSSR count). The number of rotatable bonds is 4. The molecule has 33 heavy (non-hydrogen) atoms. The van der Waals surface area contributed by atoms with Gasteiger partial charge in [-0.3, -0.25) is 0 Å². The van der Waals surface area contributed by atoms with Crippen LogP contribution in [-0.2, 0) is 0 Å². The molecule has 3 N–H and O–H groups in total. The van der Waals surface area contributed by atoms with Gasteiger partial charge in [0, 0.05) is 39.1 Å². The normalized spacial score (nSPS) is 11.2. The molecule has 0 atom stereocenters. The lowest BCUT2D eigenvalue weighted by atomic mass is 10.0. The molecule has 0 aliphatic carbocycles. The lowest BCUT2D eigenvalue weighted by Gasteiger charge is -2.14. The zero-order valence-corrected chi connectivity index (χ0v) is 18.1. The fourth-order valence-corrected chi connectivity index (χ4v) is 4.61. The second kappa shape index (κ2) is 7.88. The number of nitrogen functional groups attached to an aromatic ring is 1. The fraction of sp³-hybridized carbons (Fsp3) is 0. The first-order chi connectivity index (χ1) is 16.3. The predicted octanol–water partition coefficient (Wildman–Crippen LogP) is 7.78. The highest BCUT2D eigenvalue weighted by Crippen LogP contribution is 2.34. The molecule has 6 aromatic rings. The summed E-state index contributed by atoms with van der Waals surface area (Å²) in [5.41, 5.74) is 14.6. The minimum absolute atomic E-state index is 0.744. The maximum Gasteiger partial charge on any atom is 0.0541 e. The second-order valence-electron chi connectivity index (χ2n) is 8.21. The van der Waals surface area contributed by atoms with E-state index in [1.165, 1.54) is 21.8 Å². The third-order valence-corrected chi connectivity index (χ3v) is 6.11. The van der Waals surface area contributed by atoms with Crippen LogP contribution in [0.5, 0.6) is 0 Å². The minimum atomic E-state index is 0.744. The number of anilines is 3. The number of nitrogens with zero attached hydrogens (tertiary/aromatic N) is 1. The van der Waals surface area contributed by atoms with Crippen molar-refractivity contribution in [3.05, 3.63) is 121 Å². The number of nitrogens with one attached hydrogen (secondary N) is 1. The van der Waals surface area contributed by atoms with Crippen LogP contribution in [-0.4, -0.2) is 4.57 Å². The third-order valence-electron chi connectivity index (χ3n) is 6.11. The molecule has 158 valence electrons. The summed E-state index contributed by atoms with van der Waals surface area (Å²) in [4.78, 5) is 0. The molecular weight excluding hydrogens is 402 g/mol. The summed E-state index contributed by atoms with van der Waals surface area (Å²) in [6.45, 7) is 0. The van der Waals surface area contributed by atoms with E-state index in [0.717, 1.165) is 33.9 Å². The van der Waals surface area contributed by atoms with Crippen LogP contribution in [0.4, 0.5) is 17.1 Å². The van der Waals surface area contributed by atoms with E-state index in [1.54, 1.807) is 0 Å². The molecule has 3 heteroatoms. The highest BCUT2D eigenvalue weighted by molar-refractivity contribution is 6.09. The van der Waals surface area contributed by atoms with Crippen molar-refractivity contribution in [1.29, 1.82) is 0 Å². The molecule has 0 spiro atoms. The van der Waals surface area contributed by atoms with Gasteiger partial charge in [-0.25, -0.2) is 0 Å². The maximum atomic E-state index is 5.96. The zero-order valence-electron chi connectivity index (χ0n) is 18.1. The molecule has 0 aliphatic rings. The highest BCUT2D eigenvalue weighted by Gasteiger charge is 2.12. The number of benzene rings is 5. The van der Waals surface area contributed by atoms with Crippen LogP contribution >= 0.6 is 0 Å². The summed E-state index contributed by atoms with van der Waals surface area (Å²) in [6, 6.07) is 42.1. The molecule has 0 saturated heterocycles. The van der Waals surface area contributed by atoms with Gasteiger partial charge in [0.2, 0.25) is 0 Å². The van der Waals surface area contributed by atoms with Gasteiger partial charge in [0.25, 0.3) is 0 Å². The van der Waals surface area contributed by atoms with Crippen LogP contribution in [0.25, 0.3) is 38.6 Å². The molecule has 5 aromatic carbocycles. The van der Waals surface area contributed by atoms with E-state index in [4.69, 9.17) is 5.73 Å². The third kappa shape index (κ3) is 3.40. The molecule has 0 amide bonds. The van der Waals surface area contributed by atoms with Crippen molar-refractivity contribution in [2.45, 2.75) is 0 Å². The lowest BCUT2D eigenvalue weighted by molar-refractivity contribution is 1.18. The van der Waals surface area contributed by atoms with Crippen molar-refractivity contribution in [1.82, 2.24) is 4.57 Å². The van der Waals surface area contributed by atoms with Gasteiger partial charge in [0.05, 0.1) is 11.0 Å². The van der Waals surface area contributed by atoms with Crippen molar-refractivity contribution in [2.75, 3.05) is 11.1 Å². The lowest BCUT2D eigenvalue weighted by Crippen LogP contribution is -1.96. The van der Waals surface area contributed by atoms with Crippen LogP contribution in [0.1, 0.15) is 0 Å². The summed E-state index contributed by atoms with van der Waals surface area (Å²) in [5, 5.41) is 6.06. The smallest absolute Gasteiger partial charge is 0.0541 e. The molecule has 1 heterocycles. The predicted molar refractivity (Wildman–Crippen MR) is 140 cm³/mol. The van der Waals surface area contributed by atoms with Gasteiger partial charge in [-0.1, -0.05) is 72.8 Å². The van der Waals surface area contributed by atoms with Gasteiger partial charge < -0.3 is 15.6 Å². The number of hydrogen-bond donors (Lipinski definition) is 2. The Morgan fingerprint density at radius 1 is 0.576 bits per heavy atom. The summed E-state index contributed by atoms with van der Waals surface area (Å²) >= 11 is 0. The van der Waals surface area contributed by atoms with Crippen molar-refractivity contribution in [3.63, 3.8) is 0 Å². The first kappa shape index (κ1) is 19.2. The van der Waals surface area contributed by atoms with Crippen LogP contribution in [0, 0.1) is 0 Å². The summed E-state index contributed by atoms with van der Waals surface area (Å²) in [7, 11) is 0. The molecule has 0 bridgehead atoms. The molecule has 0 saturated carbocycles. The van der Waals surface area contributed by atoms with Gasteiger partial charge in [-0.15, -0.1) is 0 Å². The number of aromatic nitrogens is 1. The summed E-state index contributed by atoms with van der Waals surface area (Å²) in [6.07, 6.45) is 0. The average molecular weight is 426 g/mol. The van der Waals surface area contributed by atoms with Gasteiger partial charge in [0.15, 0.2) is 0 Å². The van der Waals surface area contributed by atoms with E-state index in [9.17, 15) is 0 Å². The Balaban J connectivity index is 1.42. The highest BCUT2D eigenvalue weighted by atomic mass is 15.0. The monoisotopic (exact) mass is 425 g/mol. The van der Waals surface area contributed by atoms with Crippen LogP contribution in [0.15, 0.2) is 121 Å². The van der Waals surface area contributed by atoms with Gasteiger partial charge in [-0.05, 0) is 54.1 Å². The van der Waals surface area contributed by atoms with Gasteiger partial charge >= 0.3 is 0 Å².